The Morgan fingerprint density at radius 2 is 1.81 bits per heavy atom. The molecule has 0 spiro atoms. The quantitative estimate of drug-likeness (QED) is 0.631. The predicted octanol–water partition coefficient (Wildman–Crippen LogP) is 3.45. The zero-order valence-corrected chi connectivity index (χ0v) is 13.0. The number of hydrogen-bond donors (Lipinski definition) is 2. The highest BCUT2D eigenvalue weighted by molar-refractivity contribution is 5.33. The van der Waals surface area contributed by atoms with Gasteiger partial charge < -0.3 is 4.74 Å². The predicted molar refractivity (Wildman–Crippen MR) is 87.3 cm³/mol. The number of benzene rings is 2. The van der Waals surface area contributed by atoms with Crippen LogP contribution in [-0.4, -0.2) is 7.11 Å². The summed E-state index contributed by atoms with van der Waals surface area (Å²) in [5.41, 5.74) is 8.07. The van der Waals surface area contributed by atoms with E-state index in [2.05, 4.69) is 49.6 Å². The van der Waals surface area contributed by atoms with Gasteiger partial charge in [-0.25, -0.2) is 0 Å². The number of nitrogens with two attached hydrogens (primary N) is 1. The summed E-state index contributed by atoms with van der Waals surface area (Å²) in [4.78, 5) is 0. The Balaban J connectivity index is 2.06. The Kier molecular flexibility index (Phi) is 5.37. The molecule has 0 heterocycles. The van der Waals surface area contributed by atoms with E-state index >= 15 is 0 Å². The lowest BCUT2D eigenvalue weighted by atomic mass is 9.94. The van der Waals surface area contributed by atoms with E-state index in [0.29, 0.717) is 0 Å². The molecule has 2 rings (SSSR count). The highest BCUT2D eigenvalue weighted by atomic mass is 16.5. The summed E-state index contributed by atoms with van der Waals surface area (Å²) in [7, 11) is 1.68. The molecule has 1 atom stereocenters. The maximum Gasteiger partial charge on any atom is 0.118 e. The molecular formula is C18H24N2O. The number of hydrazine groups is 1. The molecule has 2 aromatic rings. The van der Waals surface area contributed by atoms with Crippen molar-refractivity contribution >= 4 is 0 Å². The summed E-state index contributed by atoms with van der Waals surface area (Å²) in [5.74, 6) is 6.65. The van der Waals surface area contributed by atoms with Crippen LogP contribution in [-0.2, 0) is 6.42 Å². The first-order valence-corrected chi connectivity index (χ1v) is 7.30. The molecule has 0 bridgehead atoms. The molecule has 2 aromatic carbocycles. The fraction of sp³-hybridized carbons (Fsp3) is 0.333. The summed E-state index contributed by atoms with van der Waals surface area (Å²) in [5, 5.41) is 0. The summed E-state index contributed by atoms with van der Waals surface area (Å²) in [6, 6.07) is 14.9. The molecule has 0 aliphatic carbocycles. The minimum atomic E-state index is 0.173. The van der Waals surface area contributed by atoms with Gasteiger partial charge in [-0.1, -0.05) is 35.9 Å². The van der Waals surface area contributed by atoms with Crippen molar-refractivity contribution in [3.05, 3.63) is 64.7 Å². The van der Waals surface area contributed by atoms with Crippen LogP contribution in [0, 0.1) is 13.8 Å². The van der Waals surface area contributed by atoms with Crippen LogP contribution in [0.15, 0.2) is 42.5 Å². The first kappa shape index (κ1) is 15.5. The third-order valence-corrected chi connectivity index (χ3v) is 3.89. The van der Waals surface area contributed by atoms with E-state index in [9.17, 15) is 0 Å². The summed E-state index contributed by atoms with van der Waals surface area (Å²) in [6.45, 7) is 4.24. The van der Waals surface area contributed by atoms with E-state index in [-0.39, 0.29) is 6.04 Å². The van der Waals surface area contributed by atoms with Gasteiger partial charge in [0.05, 0.1) is 7.11 Å². The first-order chi connectivity index (χ1) is 10.1. The highest BCUT2D eigenvalue weighted by Crippen LogP contribution is 2.23. The molecule has 21 heavy (non-hydrogen) atoms. The second-order valence-corrected chi connectivity index (χ2v) is 5.47. The molecule has 112 valence electrons. The van der Waals surface area contributed by atoms with Gasteiger partial charge in [-0.05, 0) is 55.5 Å². The number of rotatable bonds is 6. The van der Waals surface area contributed by atoms with Crippen molar-refractivity contribution in [2.45, 2.75) is 32.7 Å². The van der Waals surface area contributed by atoms with E-state index in [1.807, 2.05) is 12.1 Å². The maximum absolute atomic E-state index is 5.76. The largest absolute Gasteiger partial charge is 0.497 e. The van der Waals surface area contributed by atoms with Gasteiger partial charge in [0.15, 0.2) is 0 Å². The van der Waals surface area contributed by atoms with Crippen molar-refractivity contribution in [1.82, 2.24) is 5.43 Å². The fourth-order valence-corrected chi connectivity index (χ4v) is 2.57. The van der Waals surface area contributed by atoms with Crippen molar-refractivity contribution in [3.63, 3.8) is 0 Å². The third kappa shape index (κ3) is 4.06. The first-order valence-electron chi connectivity index (χ1n) is 7.30. The molecule has 0 fully saturated rings. The monoisotopic (exact) mass is 284 g/mol. The van der Waals surface area contributed by atoms with Gasteiger partial charge in [-0.3, -0.25) is 11.3 Å². The molecule has 0 saturated carbocycles. The van der Waals surface area contributed by atoms with Crippen LogP contribution < -0.4 is 16.0 Å². The average Bonchev–Trinajstić information content (AvgIpc) is 2.51. The fourth-order valence-electron chi connectivity index (χ4n) is 2.57. The van der Waals surface area contributed by atoms with Gasteiger partial charge in [-0.15, -0.1) is 0 Å². The van der Waals surface area contributed by atoms with Crippen LogP contribution in [0.2, 0.25) is 0 Å². The molecular weight excluding hydrogens is 260 g/mol. The van der Waals surface area contributed by atoms with Crippen LogP contribution >= 0.6 is 0 Å². The Hall–Kier alpha value is -1.84. The lowest BCUT2D eigenvalue weighted by Gasteiger charge is -2.19. The van der Waals surface area contributed by atoms with Crippen molar-refractivity contribution in [2.24, 2.45) is 5.84 Å². The smallest absolute Gasteiger partial charge is 0.118 e. The molecule has 3 nitrogen and oxygen atoms in total. The van der Waals surface area contributed by atoms with E-state index in [1.54, 1.807) is 7.11 Å². The summed E-state index contributed by atoms with van der Waals surface area (Å²) in [6.07, 6.45) is 1.94. The number of ether oxygens (including phenoxy) is 1. The Morgan fingerprint density at radius 3 is 2.43 bits per heavy atom. The normalized spacial score (nSPS) is 12.2. The molecule has 3 heteroatoms. The molecule has 0 saturated heterocycles. The van der Waals surface area contributed by atoms with Gasteiger partial charge in [0.1, 0.15) is 5.75 Å². The SMILES string of the molecule is COc1ccc(CCC(NN)c2cc(C)ccc2C)cc1. The summed E-state index contributed by atoms with van der Waals surface area (Å²) < 4.78 is 5.18. The lowest BCUT2D eigenvalue weighted by molar-refractivity contribution is 0.414. The van der Waals surface area contributed by atoms with Gasteiger partial charge >= 0.3 is 0 Å². The Bertz CT molecular complexity index is 578. The van der Waals surface area contributed by atoms with Gasteiger partial charge in [0.2, 0.25) is 0 Å². The Morgan fingerprint density at radius 1 is 1.10 bits per heavy atom. The van der Waals surface area contributed by atoms with E-state index in [0.717, 1.165) is 18.6 Å². The standard InChI is InChI=1S/C18H24N2O/c1-13-4-5-14(2)17(12-13)18(20-19)11-8-15-6-9-16(21-3)10-7-15/h4-7,9-10,12,18,20H,8,11,19H2,1-3H3. The number of aryl methyl sites for hydroxylation is 3. The molecule has 0 amide bonds. The van der Waals surface area contributed by atoms with E-state index < -0.39 is 0 Å². The minimum absolute atomic E-state index is 0.173. The number of nitrogens with one attached hydrogen (secondary N) is 1. The topological polar surface area (TPSA) is 47.3 Å². The van der Waals surface area contributed by atoms with Crippen molar-refractivity contribution in [1.29, 1.82) is 0 Å². The van der Waals surface area contributed by atoms with Crippen molar-refractivity contribution in [3.8, 4) is 5.75 Å². The van der Waals surface area contributed by atoms with Crippen LogP contribution in [0.4, 0.5) is 0 Å². The number of methoxy groups -OCH3 is 1. The van der Waals surface area contributed by atoms with E-state index in [1.165, 1.54) is 22.3 Å². The molecule has 1 unspecified atom stereocenters. The van der Waals surface area contributed by atoms with Gasteiger partial charge in [-0.2, -0.15) is 0 Å². The highest BCUT2D eigenvalue weighted by Gasteiger charge is 2.12. The van der Waals surface area contributed by atoms with Crippen molar-refractivity contribution < 1.29 is 4.74 Å². The summed E-state index contributed by atoms with van der Waals surface area (Å²) >= 11 is 0. The molecule has 3 N–H and O–H groups in total. The molecule has 0 aliphatic rings. The van der Waals surface area contributed by atoms with E-state index in [4.69, 9.17) is 10.6 Å². The minimum Gasteiger partial charge on any atom is -0.497 e. The van der Waals surface area contributed by atoms with Crippen molar-refractivity contribution in [2.75, 3.05) is 7.11 Å². The average molecular weight is 284 g/mol. The van der Waals surface area contributed by atoms with Crippen LogP contribution in [0.5, 0.6) is 5.75 Å². The maximum atomic E-state index is 5.76. The van der Waals surface area contributed by atoms with Crippen LogP contribution in [0.3, 0.4) is 0 Å². The third-order valence-electron chi connectivity index (χ3n) is 3.89. The second kappa shape index (κ2) is 7.25. The van der Waals surface area contributed by atoms with Crippen LogP contribution in [0.25, 0.3) is 0 Å². The number of hydrogen-bond acceptors (Lipinski definition) is 3. The zero-order chi connectivity index (χ0) is 15.2. The zero-order valence-electron chi connectivity index (χ0n) is 13.0. The Labute approximate surface area is 127 Å². The lowest BCUT2D eigenvalue weighted by Crippen LogP contribution is -2.29. The van der Waals surface area contributed by atoms with Gasteiger partial charge in [0.25, 0.3) is 0 Å². The molecule has 0 aliphatic heterocycles. The second-order valence-electron chi connectivity index (χ2n) is 5.47. The van der Waals surface area contributed by atoms with Crippen LogP contribution in [0.1, 0.15) is 34.7 Å². The van der Waals surface area contributed by atoms with Gasteiger partial charge in [0, 0.05) is 6.04 Å². The molecule has 0 radical (unpaired) electrons. The molecule has 0 aromatic heterocycles.